The zero-order valence-corrected chi connectivity index (χ0v) is 8.68. The predicted octanol–water partition coefficient (Wildman–Crippen LogP) is 0.394. The van der Waals surface area contributed by atoms with Crippen molar-refractivity contribution < 1.29 is 25.2 Å². The van der Waals surface area contributed by atoms with Crippen LogP contribution in [0, 0.1) is 0 Å². The zero-order chi connectivity index (χ0) is 12.1. The Morgan fingerprint density at radius 2 is 1.62 bits per heavy atom. The van der Waals surface area contributed by atoms with E-state index in [-0.39, 0.29) is 25.4 Å². The number of hydrogen-bond acceptors (Lipinski definition) is 4. The van der Waals surface area contributed by atoms with Crippen LogP contribution in [0.4, 0.5) is 0 Å². The Morgan fingerprint density at radius 1 is 1.12 bits per heavy atom. The zero-order valence-electron chi connectivity index (χ0n) is 8.68. The number of hydrogen-bond donors (Lipinski definition) is 4. The maximum Gasteiger partial charge on any atom is 0.303 e. The Labute approximate surface area is 92.6 Å². The molecule has 1 rings (SSSR count). The van der Waals surface area contributed by atoms with Gasteiger partial charge in [-0.1, -0.05) is 0 Å². The van der Waals surface area contributed by atoms with Crippen molar-refractivity contribution in [1.82, 2.24) is 0 Å². The molecule has 0 amide bonds. The van der Waals surface area contributed by atoms with E-state index in [1.807, 2.05) is 0 Å². The van der Waals surface area contributed by atoms with Crippen LogP contribution < -0.4 is 0 Å². The van der Waals surface area contributed by atoms with Gasteiger partial charge in [-0.3, -0.25) is 4.79 Å². The van der Waals surface area contributed by atoms with Crippen molar-refractivity contribution in [3.05, 3.63) is 28.8 Å². The fourth-order valence-corrected chi connectivity index (χ4v) is 1.47. The van der Waals surface area contributed by atoms with E-state index in [2.05, 4.69) is 0 Å². The molecule has 1 aromatic carbocycles. The largest absolute Gasteiger partial charge is 0.507 e. The normalized spacial score (nSPS) is 10.4. The molecule has 0 bridgehead atoms. The third-order valence-electron chi connectivity index (χ3n) is 2.30. The van der Waals surface area contributed by atoms with Crippen molar-refractivity contribution in [3.63, 3.8) is 0 Å². The van der Waals surface area contributed by atoms with Gasteiger partial charge in [0.05, 0.1) is 13.2 Å². The number of aromatic hydroxyl groups is 1. The van der Waals surface area contributed by atoms with Crippen LogP contribution in [0.5, 0.6) is 5.75 Å². The third kappa shape index (κ3) is 2.95. The molecule has 0 fully saturated rings. The summed E-state index contributed by atoms with van der Waals surface area (Å²) >= 11 is 0. The van der Waals surface area contributed by atoms with Crippen LogP contribution in [-0.2, 0) is 24.4 Å². The number of carbonyl (C=O) groups is 1. The number of aliphatic carboxylic acids is 1. The average Bonchev–Trinajstić information content (AvgIpc) is 2.27. The molecule has 0 atom stereocenters. The van der Waals surface area contributed by atoms with E-state index < -0.39 is 5.97 Å². The molecule has 5 nitrogen and oxygen atoms in total. The first-order valence-electron chi connectivity index (χ1n) is 4.85. The summed E-state index contributed by atoms with van der Waals surface area (Å²) in [5.74, 6) is -1.05. The van der Waals surface area contributed by atoms with Gasteiger partial charge in [-0.2, -0.15) is 0 Å². The van der Waals surface area contributed by atoms with Crippen molar-refractivity contribution >= 4 is 5.97 Å². The molecular weight excluding hydrogens is 212 g/mol. The molecule has 0 unspecified atom stereocenters. The van der Waals surface area contributed by atoms with E-state index in [4.69, 9.17) is 15.3 Å². The van der Waals surface area contributed by atoms with Crippen LogP contribution in [0.1, 0.15) is 23.1 Å². The summed E-state index contributed by atoms with van der Waals surface area (Å²) in [5.41, 5.74) is 1.27. The molecule has 4 N–H and O–H groups in total. The molecule has 0 aliphatic carbocycles. The van der Waals surface area contributed by atoms with Crippen molar-refractivity contribution in [2.24, 2.45) is 0 Å². The van der Waals surface area contributed by atoms with Crippen LogP contribution in [0.15, 0.2) is 12.1 Å². The van der Waals surface area contributed by atoms with E-state index in [0.29, 0.717) is 23.1 Å². The first kappa shape index (κ1) is 12.5. The molecule has 0 aliphatic heterocycles. The lowest BCUT2D eigenvalue weighted by atomic mass is 10.0. The van der Waals surface area contributed by atoms with Gasteiger partial charge in [-0.25, -0.2) is 0 Å². The topological polar surface area (TPSA) is 98.0 Å². The summed E-state index contributed by atoms with van der Waals surface area (Å²) in [6, 6.07) is 3.08. The van der Waals surface area contributed by atoms with Crippen LogP contribution in [0.3, 0.4) is 0 Å². The van der Waals surface area contributed by atoms with Gasteiger partial charge in [0, 0.05) is 17.5 Å². The van der Waals surface area contributed by atoms with Crippen LogP contribution in [0.25, 0.3) is 0 Å². The lowest BCUT2D eigenvalue weighted by molar-refractivity contribution is -0.136. The minimum atomic E-state index is -0.913. The number of aliphatic hydroxyl groups excluding tert-OH is 2. The summed E-state index contributed by atoms with van der Waals surface area (Å²) in [5, 5.41) is 36.1. The van der Waals surface area contributed by atoms with Gasteiger partial charge in [0.15, 0.2) is 0 Å². The van der Waals surface area contributed by atoms with Gasteiger partial charge in [-0.05, 0) is 24.1 Å². The minimum absolute atomic E-state index is 0.0273. The van der Waals surface area contributed by atoms with Crippen LogP contribution in [-0.4, -0.2) is 26.4 Å². The number of benzene rings is 1. The Bertz CT molecular complexity index is 361. The van der Waals surface area contributed by atoms with Gasteiger partial charge < -0.3 is 20.4 Å². The van der Waals surface area contributed by atoms with E-state index in [1.54, 1.807) is 0 Å². The Morgan fingerprint density at radius 3 is 2.00 bits per heavy atom. The number of aryl methyl sites for hydroxylation is 1. The molecule has 0 saturated heterocycles. The first-order chi connectivity index (χ1) is 7.58. The first-order valence-corrected chi connectivity index (χ1v) is 4.85. The molecule has 16 heavy (non-hydrogen) atoms. The number of carboxylic acids is 1. The lowest BCUT2D eigenvalue weighted by Crippen LogP contribution is -2.00. The summed E-state index contributed by atoms with van der Waals surface area (Å²) in [6.07, 6.45) is 0.274. The Hall–Kier alpha value is -1.59. The number of aliphatic hydroxyl groups is 2. The molecule has 0 aliphatic rings. The maximum absolute atomic E-state index is 10.4. The molecule has 0 heterocycles. The third-order valence-corrected chi connectivity index (χ3v) is 2.30. The number of phenols is 1. The molecule has 0 aromatic heterocycles. The number of carboxylic acid groups (broad SMARTS) is 1. The standard InChI is InChI=1S/C11H14O5/c12-5-8-3-7(1-2-10(14)15)4-9(6-13)11(8)16/h3-4,12-13,16H,1-2,5-6H2,(H,14,15). The van der Waals surface area contributed by atoms with Gasteiger partial charge in [0.25, 0.3) is 0 Å². The average molecular weight is 226 g/mol. The van der Waals surface area contributed by atoms with Gasteiger partial charge in [0.1, 0.15) is 5.75 Å². The highest BCUT2D eigenvalue weighted by molar-refractivity contribution is 5.67. The molecule has 1 aromatic rings. The monoisotopic (exact) mass is 226 g/mol. The second kappa shape index (κ2) is 5.48. The molecule has 0 spiro atoms. The highest BCUT2D eigenvalue weighted by Gasteiger charge is 2.09. The van der Waals surface area contributed by atoms with E-state index in [9.17, 15) is 9.90 Å². The molecule has 0 saturated carbocycles. The fraction of sp³-hybridized carbons (Fsp3) is 0.364. The fourth-order valence-electron chi connectivity index (χ4n) is 1.47. The van der Waals surface area contributed by atoms with Crippen molar-refractivity contribution in [2.45, 2.75) is 26.1 Å². The van der Waals surface area contributed by atoms with Crippen LogP contribution in [0.2, 0.25) is 0 Å². The lowest BCUT2D eigenvalue weighted by Gasteiger charge is -2.09. The predicted molar refractivity (Wildman–Crippen MR) is 55.9 cm³/mol. The summed E-state index contributed by atoms with van der Waals surface area (Å²) in [7, 11) is 0. The quantitative estimate of drug-likeness (QED) is 0.582. The van der Waals surface area contributed by atoms with Crippen molar-refractivity contribution in [2.75, 3.05) is 0 Å². The SMILES string of the molecule is O=C(O)CCc1cc(CO)c(O)c(CO)c1. The maximum atomic E-state index is 10.4. The van der Waals surface area contributed by atoms with Crippen LogP contribution >= 0.6 is 0 Å². The highest BCUT2D eigenvalue weighted by Crippen LogP contribution is 2.25. The molecule has 88 valence electrons. The second-order valence-corrected chi connectivity index (χ2v) is 3.47. The molecule has 5 heteroatoms. The molecular formula is C11H14O5. The minimum Gasteiger partial charge on any atom is -0.507 e. The smallest absolute Gasteiger partial charge is 0.303 e. The summed E-state index contributed by atoms with van der Waals surface area (Å²) in [6.45, 7) is -0.695. The van der Waals surface area contributed by atoms with Crippen molar-refractivity contribution in [3.8, 4) is 5.75 Å². The van der Waals surface area contributed by atoms with Gasteiger partial charge in [0.2, 0.25) is 0 Å². The number of rotatable bonds is 5. The second-order valence-electron chi connectivity index (χ2n) is 3.47. The van der Waals surface area contributed by atoms with E-state index in [1.165, 1.54) is 12.1 Å². The Balaban J connectivity index is 2.97. The Kier molecular flexibility index (Phi) is 4.28. The van der Waals surface area contributed by atoms with Gasteiger partial charge in [-0.15, -0.1) is 0 Å². The van der Waals surface area contributed by atoms with E-state index >= 15 is 0 Å². The van der Waals surface area contributed by atoms with Gasteiger partial charge >= 0.3 is 5.97 Å². The summed E-state index contributed by atoms with van der Waals surface area (Å²) in [4.78, 5) is 10.4. The van der Waals surface area contributed by atoms with E-state index in [0.717, 1.165) is 0 Å². The summed E-state index contributed by atoms with van der Waals surface area (Å²) < 4.78 is 0. The molecule has 0 radical (unpaired) electrons. The van der Waals surface area contributed by atoms with Crippen molar-refractivity contribution in [1.29, 1.82) is 0 Å². The highest BCUT2D eigenvalue weighted by atomic mass is 16.4.